The van der Waals surface area contributed by atoms with Crippen molar-refractivity contribution >= 4 is 24.0 Å². The third kappa shape index (κ3) is 3.71. The molecule has 0 bridgehead atoms. The Labute approximate surface area is 149 Å². The summed E-state index contributed by atoms with van der Waals surface area (Å²) in [6.07, 6.45) is 3.76. The van der Waals surface area contributed by atoms with Gasteiger partial charge in [0.25, 0.3) is 0 Å². The number of nitrogens with two attached hydrogens (primary N) is 1. The molecule has 1 heterocycles. The van der Waals surface area contributed by atoms with Crippen LogP contribution in [0.25, 0.3) is 0 Å². The SMILES string of the molecule is COc1ccc(CN2CC3CCCC(N)C3C2)c(Cl)c1OC.Cl. The summed E-state index contributed by atoms with van der Waals surface area (Å²) in [7, 11) is 3.25. The zero-order valence-electron chi connectivity index (χ0n) is 13.8. The van der Waals surface area contributed by atoms with Crippen LogP contribution < -0.4 is 15.2 Å². The molecule has 4 nitrogen and oxygen atoms in total. The smallest absolute Gasteiger partial charge is 0.179 e. The second-order valence-corrected chi connectivity index (χ2v) is 6.86. The van der Waals surface area contributed by atoms with Crippen molar-refractivity contribution in [2.45, 2.75) is 31.8 Å². The largest absolute Gasteiger partial charge is 0.493 e. The van der Waals surface area contributed by atoms with Gasteiger partial charge in [-0.3, -0.25) is 4.90 Å². The highest BCUT2D eigenvalue weighted by molar-refractivity contribution is 6.33. The minimum absolute atomic E-state index is 0. The number of halogens is 2. The van der Waals surface area contributed by atoms with Gasteiger partial charge in [-0.1, -0.05) is 24.1 Å². The van der Waals surface area contributed by atoms with E-state index >= 15 is 0 Å². The first-order valence-electron chi connectivity index (χ1n) is 8.01. The highest BCUT2D eigenvalue weighted by atomic mass is 35.5. The van der Waals surface area contributed by atoms with Crippen molar-refractivity contribution in [3.05, 3.63) is 22.7 Å². The molecule has 130 valence electrons. The second-order valence-electron chi connectivity index (χ2n) is 6.49. The number of hydrogen-bond donors (Lipinski definition) is 1. The van der Waals surface area contributed by atoms with Crippen molar-refractivity contribution in [2.24, 2.45) is 17.6 Å². The number of likely N-dealkylation sites (tertiary alicyclic amines) is 1. The topological polar surface area (TPSA) is 47.7 Å². The van der Waals surface area contributed by atoms with Crippen molar-refractivity contribution in [2.75, 3.05) is 27.3 Å². The molecule has 1 aromatic carbocycles. The van der Waals surface area contributed by atoms with Crippen LogP contribution >= 0.6 is 24.0 Å². The van der Waals surface area contributed by atoms with E-state index in [1.165, 1.54) is 19.3 Å². The van der Waals surface area contributed by atoms with Crippen molar-refractivity contribution in [1.29, 1.82) is 0 Å². The fourth-order valence-corrected chi connectivity index (χ4v) is 4.32. The molecule has 0 amide bonds. The molecule has 1 aliphatic carbocycles. The van der Waals surface area contributed by atoms with Gasteiger partial charge in [0.15, 0.2) is 11.5 Å². The molecule has 6 heteroatoms. The maximum absolute atomic E-state index is 6.50. The summed E-state index contributed by atoms with van der Waals surface area (Å²) in [4.78, 5) is 2.48. The van der Waals surface area contributed by atoms with Gasteiger partial charge in [0.2, 0.25) is 0 Å². The maximum Gasteiger partial charge on any atom is 0.179 e. The standard InChI is InChI=1S/C17H25ClN2O2.ClH/c1-21-15-7-6-12(16(18)17(15)22-2)9-20-8-11-4-3-5-14(19)13(11)10-20;/h6-7,11,13-14H,3-5,8-10,19H2,1-2H3;1H. The van der Waals surface area contributed by atoms with E-state index in [1.807, 2.05) is 12.1 Å². The van der Waals surface area contributed by atoms with E-state index in [1.54, 1.807) is 14.2 Å². The predicted octanol–water partition coefficient (Wildman–Crippen LogP) is 3.34. The molecule has 23 heavy (non-hydrogen) atoms. The van der Waals surface area contributed by atoms with E-state index < -0.39 is 0 Å². The van der Waals surface area contributed by atoms with E-state index in [2.05, 4.69) is 4.90 Å². The first kappa shape index (κ1) is 18.7. The lowest BCUT2D eigenvalue weighted by atomic mass is 9.78. The van der Waals surface area contributed by atoms with Crippen LogP contribution in [0, 0.1) is 11.8 Å². The molecular weight excluding hydrogens is 335 g/mol. The van der Waals surface area contributed by atoms with Crippen LogP contribution in [0.4, 0.5) is 0 Å². The van der Waals surface area contributed by atoms with Gasteiger partial charge in [0.05, 0.1) is 19.2 Å². The van der Waals surface area contributed by atoms with Gasteiger partial charge in [-0.25, -0.2) is 0 Å². The summed E-state index contributed by atoms with van der Waals surface area (Å²) in [5, 5.41) is 0.654. The Hall–Kier alpha value is -0.680. The van der Waals surface area contributed by atoms with Crippen molar-refractivity contribution in [3.63, 3.8) is 0 Å². The van der Waals surface area contributed by atoms with Crippen LogP contribution in [-0.2, 0) is 6.54 Å². The number of fused-ring (bicyclic) bond motifs is 1. The van der Waals surface area contributed by atoms with E-state index in [4.69, 9.17) is 26.8 Å². The lowest BCUT2D eigenvalue weighted by Crippen LogP contribution is -2.38. The summed E-state index contributed by atoms with van der Waals surface area (Å²) in [6.45, 7) is 3.05. The third-order valence-corrected chi connectivity index (χ3v) is 5.60. The second kappa shape index (κ2) is 7.93. The molecule has 2 fully saturated rings. The molecule has 1 saturated heterocycles. The summed E-state index contributed by atoms with van der Waals surface area (Å²) < 4.78 is 10.7. The molecule has 1 aliphatic heterocycles. The molecule has 3 atom stereocenters. The maximum atomic E-state index is 6.50. The number of methoxy groups -OCH3 is 2. The number of ether oxygens (including phenoxy) is 2. The van der Waals surface area contributed by atoms with Gasteiger partial charge in [-0.05, 0) is 36.3 Å². The van der Waals surface area contributed by atoms with Crippen molar-refractivity contribution in [3.8, 4) is 11.5 Å². The van der Waals surface area contributed by atoms with Gasteiger partial charge in [0.1, 0.15) is 0 Å². The Bertz CT molecular complexity index is 542. The van der Waals surface area contributed by atoms with E-state index in [0.29, 0.717) is 28.5 Å². The van der Waals surface area contributed by atoms with E-state index in [-0.39, 0.29) is 12.4 Å². The lowest BCUT2D eigenvalue weighted by molar-refractivity contribution is 0.259. The Kier molecular flexibility index (Phi) is 6.43. The highest BCUT2D eigenvalue weighted by Gasteiger charge is 2.38. The van der Waals surface area contributed by atoms with Gasteiger partial charge in [0, 0.05) is 25.7 Å². The summed E-state index contributed by atoms with van der Waals surface area (Å²) in [5.41, 5.74) is 7.39. The molecule has 2 aliphatic rings. The number of rotatable bonds is 4. The predicted molar refractivity (Wildman–Crippen MR) is 95.9 cm³/mol. The van der Waals surface area contributed by atoms with E-state index in [9.17, 15) is 0 Å². The lowest BCUT2D eigenvalue weighted by Gasteiger charge is -2.29. The quantitative estimate of drug-likeness (QED) is 0.894. The number of hydrogen-bond acceptors (Lipinski definition) is 4. The van der Waals surface area contributed by atoms with Gasteiger partial charge in [-0.2, -0.15) is 0 Å². The number of nitrogens with zero attached hydrogens (tertiary/aromatic N) is 1. The minimum Gasteiger partial charge on any atom is -0.493 e. The van der Waals surface area contributed by atoms with Gasteiger partial charge >= 0.3 is 0 Å². The normalized spacial score (nSPS) is 27.2. The molecule has 3 rings (SSSR count). The van der Waals surface area contributed by atoms with E-state index in [0.717, 1.165) is 31.1 Å². The summed E-state index contributed by atoms with van der Waals surface area (Å²) in [6, 6.07) is 4.32. The Morgan fingerprint density at radius 1 is 1.22 bits per heavy atom. The van der Waals surface area contributed by atoms with Crippen LogP contribution in [-0.4, -0.2) is 38.3 Å². The minimum atomic E-state index is 0. The highest BCUT2D eigenvalue weighted by Crippen LogP contribution is 2.40. The Morgan fingerprint density at radius 2 is 2.00 bits per heavy atom. The third-order valence-electron chi connectivity index (χ3n) is 5.19. The molecule has 0 aromatic heterocycles. The fraction of sp³-hybridized carbons (Fsp3) is 0.647. The van der Waals surface area contributed by atoms with Gasteiger partial charge in [-0.15, -0.1) is 12.4 Å². The van der Waals surface area contributed by atoms with Crippen LogP contribution in [0.3, 0.4) is 0 Å². The van der Waals surface area contributed by atoms with Crippen molar-refractivity contribution in [1.82, 2.24) is 4.90 Å². The Morgan fingerprint density at radius 3 is 2.65 bits per heavy atom. The Balaban J connectivity index is 0.00000192. The average Bonchev–Trinajstić information content (AvgIpc) is 2.93. The summed E-state index contributed by atoms with van der Waals surface area (Å²) in [5.74, 6) is 2.69. The molecule has 0 spiro atoms. The van der Waals surface area contributed by atoms with Crippen LogP contribution in [0.5, 0.6) is 11.5 Å². The zero-order chi connectivity index (χ0) is 15.7. The van der Waals surface area contributed by atoms with Crippen LogP contribution in [0.1, 0.15) is 24.8 Å². The molecular formula is C17H26Cl2N2O2. The molecule has 2 N–H and O–H groups in total. The van der Waals surface area contributed by atoms with Gasteiger partial charge < -0.3 is 15.2 Å². The molecule has 1 saturated carbocycles. The summed E-state index contributed by atoms with van der Waals surface area (Å²) >= 11 is 6.50. The van der Waals surface area contributed by atoms with Crippen LogP contribution in [0.15, 0.2) is 12.1 Å². The first-order chi connectivity index (χ1) is 10.6. The first-order valence-corrected chi connectivity index (χ1v) is 8.39. The monoisotopic (exact) mass is 360 g/mol. The number of benzene rings is 1. The van der Waals surface area contributed by atoms with Crippen molar-refractivity contribution < 1.29 is 9.47 Å². The molecule has 1 aromatic rings. The van der Waals surface area contributed by atoms with Crippen LogP contribution in [0.2, 0.25) is 5.02 Å². The zero-order valence-corrected chi connectivity index (χ0v) is 15.3. The average molecular weight is 361 g/mol. The fourth-order valence-electron chi connectivity index (χ4n) is 4.03. The molecule has 3 unspecified atom stereocenters. The molecule has 0 radical (unpaired) electrons.